The zero-order valence-corrected chi connectivity index (χ0v) is 14.7. The molecule has 128 valence electrons. The molecule has 1 heterocycles. The number of alkyl halides is 3. The maximum absolute atomic E-state index is 13.7. The molecule has 3 N–H and O–H groups in total. The highest BCUT2D eigenvalue weighted by molar-refractivity contribution is 9.10. The van der Waals surface area contributed by atoms with Gasteiger partial charge in [0.05, 0.1) is 26.1 Å². The molecule has 0 spiro atoms. The highest BCUT2D eigenvalue weighted by Gasteiger charge is 2.45. The molecule has 0 saturated carbocycles. The predicted octanol–water partition coefficient (Wildman–Crippen LogP) is 4.51. The van der Waals surface area contributed by atoms with Crippen molar-refractivity contribution in [3.8, 4) is 0 Å². The zero-order valence-electron chi connectivity index (χ0n) is 12.3. The summed E-state index contributed by atoms with van der Waals surface area (Å²) < 4.78 is 64.7. The molecule has 1 unspecified atom stereocenters. The molecule has 1 aromatic heterocycles. The van der Waals surface area contributed by atoms with E-state index in [4.69, 9.17) is 5.14 Å². The molecule has 23 heavy (non-hydrogen) atoms. The molecule has 0 fully saturated rings. The summed E-state index contributed by atoms with van der Waals surface area (Å²) in [4.78, 5) is 2.72. The Balaban J connectivity index is 2.57. The number of fused-ring (bicyclic) bond motifs is 1. The first-order valence-corrected chi connectivity index (χ1v) is 8.63. The maximum atomic E-state index is 13.7. The van der Waals surface area contributed by atoms with Crippen molar-refractivity contribution in [3.63, 3.8) is 0 Å². The van der Waals surface area contributed by atoms with Crippen LogP contribution in [0.3, 0.4) is 0 Å². The van der Waals surface area contributed by atoms with Crippen molar-refractivity contribution in [1.29, 1.82) is 0 Å². The maximum Gasteiger partial charge on any atom is 0.395 e. The molecule has 0 aliphatic heterocycles. The topological polar surface area (TPSA) is 58.9 Å². The van der Waals surface area contributed by atoms with E-state index < -0.39 is 40.1 Å². The fourth-order valence-electron chi connectivity index (χ4n) is 2.40. The van der Waals surface area contributed by atoms with Gasteiger partial charge in [-0.2, -0.15) is 13.2 Å². The van der Waals surface area contributed by atoms with Gasteiger partial charge in [-0.25, -0.2) is 8.60 Å². The van der Waals surface area contributed by atoms with Gasteiger partial charge in [0.2, 0.25) is 0 Å². The molecule has 0 saturated heterocycles. The van der Waals surface area contributed by atoms with E-state index in [1.807, 2.05) is 0 Å². The van der Waals surface area contributed by atoms with E-state index in [0.29, 0.717) is 5.52 Å². The average Bonchev–Trinajstić information content (AvgIpc) is 2.78. The van der Waals surface area contributed by atoms with Crippen molar-refractivity contribution < 1.29 is 21.8 Å². The molecule has 0 aliphatic carbocycles. The van der Waals surface area contributed by atoms with Crippen LogP contribution in [0.25, 0.3) is 10.9 Å². The van der Waals surface area contributed by atoms with E-state index in [2.05, 4.69) is 20.9 Å². The molecular formula is C14H15BrF4N2OS. The van der Waals surface area contributed by atoms with Crippen LogP contribution >= 0.6 is 15.9 Å². The average molecular weight is 415 g/mol. The van der Waals surface area contributed by atoms with Gasteiger partial charge in [-0.05, 0) is 53.9 Å². The van der Waals surface area contributed by atoms with Gasteiger partial charge >= 0.3 is 6.18 Å². The van der Waals surface area contributed by atoms with Crippen molar-refractivity contribution in [2.24, 2.45) is 5.14 Å². The largest absolute Gasteiger partial charge is 0.395 e. The Morgan fingerprint density at radius 2 is 1.96 bits per heavy atom. The number of hydrogen-bond donors (Lipinski definition) is 2. The van der Waals surface area contributed by atoms with Gasteiger partial charge in [0.25, 0.3) is 0 Å². The summed E-state index contributed by atoms with van der Waals surface area (Å²) >= 11 is 3.00. The molecule has 0 bridgehead atoms. The molecule has 9 heteroatoms. The summed E-state index contributed by atoms with van der Waals surface area (Å²) in [7, 11) is -1.93. The van der Waals surface area contributed by atoms with E-state index in [1.165, 1.54) is 26.1 Å². The van der Waals surface area contributed by atoms with Gasteiger partial charge in [0, 0.05) is 17.1 Å². The van der Waals surface area contributed by atoms with Crippen LogP contribution in [0, 0.1) is 5.82 Å². The molecule has 0 aliphatic rings. The minimum atomic E-state index is -4.57. The number of halogens is 5. The van der Waals surface area contributed by atoms with Crippen LogP contribution < -0.4 is 5.14 Å². The third-order valence-electron chi connectivity index (χ3n) is 3.77. The van der Waals surface area contributed by atoms with Crippen molar-refractivity contribution in [3.05, 3.63) is 34.2 Å². The van der Waals surface area contributed by atoms with Crippen LogP contribution in [0.15, 0.2) is 22.8 Å². The number of aromatic amines is 1. The van der Waals surface area contributed by atoms with Crippen molar-refractivity contribution in [1.82, 2.24) is 4.98 Å². The van der Waals surface area contributed by atoms with Crippen LogP contribution in [0.5, 0.6) is 0 Å². The van der Waals surface area contributed by atoms with Gasteiger partial charge in [-0.3, -0.25) is 5.14 Å². The Labute approximate surface area is 141 Å². The number of hydrogen-bond acceptors (Lipinski definition) is 1. The fourth-order valence-corrected chi connectivity index (χ4v) is 3.08. The highest BCUT2D eigenvalue weighted by atomic mass is 79.9. The van der Waals surface area contributed by atoms with Crippen LogP contribution in [-0.2, 0) is 11.0 Å². The normalized spacial score (nSPS) is 15.8. The third-order valence-corrected chi connectivity index (χ3v) is 5.63. The Hall–Kier alpha value is -0.930. The number of aromatic nitrogens is 1. The lowest BCUT2D eigenvalue weighted by atomic mass is 9.89. The van der Waals surface area contributed by atoms with Gasteiger partial charge in [0.15, 0.2) is 0 Å². The lowest BCUT2D eigenvalue weighted by Gasteiger charge is -2.28. The number of nitrogens with one attached hydrogen (secondary N) is 1. The van der Waals surface area contributed by atoms with Crippen molar-refractivity contribution in [2.45, 2.75) is 37.1 Å². The first-order valence-electron chi connectivity index (χ1n) is 6.62. The molecule has 2 rings (SSSR count). The monoisotopic (exact) mass is 414 g/mol. The van der Waals surface area contributed by atoms with Crippen LogP contribution in [0.4, 0.5) is 17.6 Å². The molecule has 1 aromatic carbocycles. The molecule has 3 nitrogen and oxygen atoms in total. The highest BCUT2D eigenvalue weighted by Crippen LogP contribution is 2.44. The number of benzene rings is 1. The first-order chi connectivity index (χ1) is 10.4. The molecule has 2 atom stereocenters. The number of nitrogens with two attached hydrogens (primary N) is 1. The molecular weight excluding hydrogens is 400 g/mol. The summed E-state index contributed by atoms with van der Waals surface area (Å²) in [6.07, 6.45) is -3.83. The third kappa shape index (κ3) is 3.77. The lowest BCUT2D eigenvalue weighted by molar-refractivity contribution is -0.152. The quantitative estimate of drug-likeness (QED) is 0.710. The van der Waals surface area contributed by atoms with Crippen LogP contribution in [0.2, 0.25) is 0 Å². The second kappa shape index (κ2) is 6.18. The summed E-state index contributed by atoms with van der Waals surface area (Å²) in [5.74, 6) is -2.56. The van der Waals surface area contributed by atoms with Gasteiger partial charge < -0.3 is 4.98 Å². The van der Waals surface area contributed by atoms with Crippen LogP contribution in [-0.4, -0.2) is 20.1 Å². The minimum Gasteiger partial charge on any atom is -0.361 e. The Morgan fingerprint density at radius 3 is 2.48 bits per heavy atom. The van der Waals surface area contributed by atoms with Gasteiger partial charge in [-0.15, -0.1) is 0 Å². The first kappa shape index (κ1) is 18.4. The number of H-pyrrole nitrogens is 1. The summed E-state index contributed by atoms with van der Waals surface area (Å²) in [6.45, 7) is 2.82. The van der Waals surface area contributed by atoms with E-state index in [1.54, 1.807) is 0 Å². The Morgan fingerprint density at radius 1 is 1.35 bits per heavy atom. The van der Waals surface area contributed by atoms with Gasteiger partial charge in [0.1, 0.15) is 5.82 Å². The summed E-state index contributed by atoms with van der Waals surface area (Å²) in [5.41, 5.74) is 0.298. The smallest absolute Gasteiger partial charge is 0.361 e. The second-order valence-electron chi connectivity index (χ2n) is 5.91. The SMILES string of the molecule is CC(C)(C[C@@H](c1c[nH]c2cc(Br)c(F)cc12)C(F)(F)F)S(N)=O. The lowest BCUT2D eigenvalue weighted by Crippen LogP contribution is -2.37. The predicted molar refractivity (Wildman–Crippen MR) is 85.8 cm³/mol. The van der Waals surface area contributed by atoms with Crippen LogP contribution in [0.1, 0.15) is 31.7 Å². The molecule has 0 radical (unpaired) electrons. The minimum absolute atomic E-state index is 0.0857. The van der Waals surface area contributed by atoms with E-state index in [-0.39, 0.29) is 15.4 Å². The van der Waals surface area contributed by atoms with Crippen molar-refractivity contribution in [2.75, 3.05) is 0 Å². The molecule has 0 amide bonds. The Kier molecular flexibility index (Phi) is 4.94. The van der Waals surface area contributed by atoms with Gasteiger partial charge in [-0.1, -0.05) is 0 Å². The summed E-state index contributed by atoms with van der Waals surface area (Å²) in [5, 5.41) is 5.45. The summed E-state index contributed by atoms with van der Waals surface area (Å²) in [6, 6.07) is 2.43. The fraction of sp³-hybridized carbons (Fsp3) is 0.429. The van der Waals surface area contributed by atoms with E-state index in [0.717, 1.165) is 6.07 Å². The number of rotatable bonds is 4. The molecule has 2 aromatic rings. The zero-order chi connectivity index (χ0) is 17.6. The standard InChI is InChI=1S/C14H15BrF4N2OS/c1-13(2,23(20)22)5-9(14(17,18)19)8-6-21-12-4-10(15)11(16)3-7(8)12/h3-4,6,9,21H,5,20H2,1-2H3/t9-,23?/m0/s1. The second-order valence-corrected chi connectivity index (χ2v) is 8.47. The van der Waals surface area contributed by atoms with E-state index in [9.17, 15) is 21.8 Å². The Bertz CT molecular complexity index is 757. The van der Waals surface area contributed by atoms with Crippen molar-refractivity contribution >= 4 is 37.8 Å². The van der Waals surface area contributed by atoms with E-state index >= 15 is 0 Å².